The van der Waals surface area contributed by atoms with Gasteiger partial charge in [-0.1, -0.05) is 17.7 Å². The normalized spacial score (nSPS) is 16.7. The minimum Gasteiger partial charge on any atom is -0.495 e. The highest BCUT2D eigenvalue weighted by Gasteiger charge is 2.35. The minimum absolute atomic E-state index is 0.0639. The molecule has 0 bridgehead atoms. The van der Waals surface area contributed by atoms with Gasteiger partial charge >= 0.3 is 0 Å². The van der Waals surface area contributed by atoms with Gasteiger partial charge in [0.15, 0.2) is 0 Å². The SMILES string of the molecule is COc1ccc(N2CC(C(=O)Nc3c(F)cccc3F)CC2=O)cc1Cl. The molecule has 1 atom stereocenters. The standard InChI is InChI=1S/C18H15ClF2N2O3/c1-26-15-6-5-11(8-12(15)19)23-9-10(7-16(23)24)18(25)22-17-13(20)3-2-4-14(17)21/h2-6,8,10H,7,9H2,1H3,(H,22,25). The van der Waals surface area contributed by atoms with E-state index in [0.29, 0.717) is 16.5 Å². The predicted molar refractivity (Wildman–Crippen MR) is 93.5 cm³/mol. The first-order valence-electron chi connectivity index (χ1n) is 7.79. The lowest BCUT2D eigenvalue weighted by molar-refractivity contribution is -0.122. The average Bonchev–Trinajstić information content (AvgIpc) is 3.00. The predicted octanol–water partition coefficient (Wildman–Crippen LogP) is 3.62. The molecule has 8 heteroatoms. The molecule has 2 aromatic rings. The molecule has 0 radical (unpaired) electrons. The highest BCUT2D eigenvalue weighted by atomic mass is 35.5. The Hall–Kier alpha value is -2.67. The Balaban J connectivity index is 1.75. The molecule has 2 aromatic carbocycles. The van der Waals surface area contributed by atoms with Gasteiger partial charge in [-0.25, -0.2) is 8.78 Å². The summed E-state index contributed by atoms with van der Waals surface area (Å²) < 4.78 is 32.4. The molecule has 2 amide bonds. The maximum Gasteiger partial charge on any atom is 0.229 e. The second-order valence-corrected chi connectivity index (χ2v) is 6.22. The van der Waals surface area contributed by atoms with E-state index in [1.807, 2.05) is 0 Å². The molecule has 1 aliphatic rings. The van der Waals surface area contributed by atoms with Crippen LogP contribution in [0.5, 0.6) is 5.75 Å². The van der Waals surface area contributed by atoms with Gasteiger partial charge in [0.2, 0.25) is 11.8 Å². The largest absolute Gasteiger partial charge is 0.495 e. The number of amides is 2. The number of ether oxygens (including phenoxy) is 1. The number of hydrogen-bond acceptors (Lipinski definition) is 3. The maximum atomic E-state index is 13.7. The first-order valence-corrected chi connectivity index (χ1v) is 8.17. The number of carbonyl (C=O) groups excluding carboxylic acids is 2. The lowest BCUT2D eigenvalue weighted by atomic mass is 10.1. The Morgan fingerprint density at radius 1 is 1.27 bits per heavy atom. The summed E-state index contributed by atoms with van der Waals surface area (Å²) in [5.41, 5.74) is 0.00376. The molecular formula is C18H15ClF2N2O3. The summed E-state index contributed by atoms with van der Waals surface area (Å²) in [7, 11) is 1.48. The third-order valence-electron chi connectivity index (χ3n) is 4.15. The molecule has 3 rings (SSSR count). The number of anilines is 2. The van der Waals surface area contributed by atoms with Crippen molar-refractivity contribution in [1.29, 1.82) is 0 Å². The summed E-state index contributed by atoms with van der Waals surface area (Å²) >= 11 is 6.07. The fourth-order valence-corrected chi connectivity index (χ4v) is 3.05. The zero-order chi connectivity index (χ0) is 18.8. The smallest absolute Gasteiger partial charge is 0.229 e. The van der Waals surface area contributed by atoms with E-state index in [0.717, 1.165) is 12.1 Å². The van der Waals surface area contributed by atoms with Crippen LogP contribution in [-0.4, -0.2) is 25.5 Å². The van der Waals surface area contributed by atoms with Crippen molar-refractivity contribution in [3.05, 3.63) is 53.1 Å². The summed E-state index contributed by atoms with van der Waals surface area (Å²) in [6.45, 7) is 0.0867. The van der Waals surface area contributed by atoms with Gasteiger partial charge < -0.3 is 15.0 Å². The molecule has 0 aromatic heterocycles. The van der Waals surface area contributed by atoms with Crippen LogP contribution in [0, 0.1) is 17.6 Å². The lowest BCUT2D eigenvalue weighted by Gasteiger charge is -2.18. The number of para-hydroxylation sites is 1. The number of benzene rings is 2. The fourth-order valence-electron chi connectivity index (χ4n) is 2.80. The number of nitrogens with one attached hydrogen (secondary N) is 1. The molecule has 26 heavy (non-hydrogen) atoms. The Bertz CT molecular complexity index is 855. The molecule has 1 heterocycles. The molecular weight excluding hydrogens is 366 g/mol. The van der Waals surface area contributed by atoms with E-state index in [1.165, 1.54) is 18.1 Å². The van der Waals surface area contributed by atoms with Crippen LogP contribution in [0.2, 0.25) is 5.02 Å². The van der Waals surface area contributed by atoms with Crippen molar-refractivity contribution in [2.24, 2.45) is 5.92 Å². The van der Waals surface area contributed by atoms with Gasteiger partial charge in [-0.2, -0.15) is 0 Å². The summed E-state index contributed by atoms with van der Waals surface area (Å²) in [6.07, 6.45) is -0.0639. The molecule has 1 fully saturated rings. The highest BCUT2D eigenvalue weighted by Crippen LogP contribution is 2.32. The zero-order valence-corrected chi connectivity index (χ0v) is 14.5. The van der Waals surface area contributed by atoms with Crippen LogP contribution >= 0.6 is 11.6 Å². The summed E-state index contributed by atoms with van der Waals surface area (Å²) in [5, 5.41) is 2.56. The van der Waals surface area contributed by atoms with Gasteiger partial charge in [-0.15, -0.1) is 0 Å². The molecule has 1 saturated heterocycles. The van der Waals surface area contributed by atoms with Crippen molar-refractivity contribution in [3.63, 3.8) is 0 Å². The first-order chi connectivity index (χ1) is 12.4. The van der Waals surface area contributed by atoms with Gasteiger partial charge in [-0.05, 0) is 30.3 Å². The van der Waals surface area contributed by atoms with Crippen LogP contribution in [0.15, 0.2) is 36.4 Å². The fraction of sp³-hybridized carbons (Fsp3) is 0.222. The number of methoxy groups -OCH3 is 1. The Morgan fingerprint density at radius 2 is 1.96 bits per heavy atom. The van der Waals surface area contributed by atoms with Crippen molar-refractivity contribution >= 4 is 34.8 Å². The van der Waals surface area contributed by atoms with E-state index in [2.05, 4.69) is 5.32 Å². The van der Waals surface area contributed by atoms with Gasteiger partial charge in [0.1, 0.15) is 23.1 Å². The molecule has 0 saturated carbocycles. The quantitative estimate of drug-likeness (QED) is 0.881. The van der Waals surface area contributed by atoms with E-state index in [9.17, 15) is 18.4 Å². The Labute approximate surface area is 153 Å². The van der Waals surface area contributed by atoms with E-state index in [-0.39, 0.29) is 18.9 Å². The number of carbonyl (C=O) groups is 2. The van der Waals surface area contributed by atoms with Gasteiger partial charge in [0.05, 0.1) is 18.1 Å². The molecule has 0 spiro atoms. The molecule has 0 aliphatic carbocycles. The van der Waals surface area contributed by atoms with Gasteiger partial charge in [-0.3, -0.25) is 9.59 Å². The highest BCUT2D eigenvalue weighted by molar-refractivity contribution is 6.32. The number of nitrogens with zero attached hydrogens (tertiary/aromatic N) is 1. The maximum absolute atomic E-state index is 13.7. The zero-order valence-electron chi connectivity index (χ0n) is 13.8. The van der Waals surface area contributed by atoms with Crippen molar-refractivity contribution < 1.29 is 23.1 Å². The van der Waals surface area contributed by atoms with E-state index >= 15 is 0 Å². The van der Waals surface area contributed by atoms with Crippen LogP contribution in [0.4, 0.5) is 20.2 Å². The molecule has 1 aliphatic heterocycles. The van der Waals surface area contributed by atoms with E-state index < -0.39 is 29.1 Å². The Morgan fingerprint density at radius 3 is 2.58 bits per heavy atom. The third kappa shape index (κ3) is 3.48. The number of halogens is 3. The second-order valence-electron chi connectivity index (χ2n) is 5.81. The number of hydrogen-bond donors (Lipinski definition) is 1. The molecule has 136 valence electrons. The van der Waals surface area contributed by atoms with Gasteiger partial charge in [0, 0.05) is 18.7 Å². The van der Waals surface area contributed by atoms with Crippen LogP contribution in [0.1, 0.15) is 6.42 Å². The van der Waals surface area contributed by atoms with Crippen molar-refractivity contribution in [2.45, 2.75) is 6.42 Å². The van der Waals surface area contributed by atoms with E-state index in [1.54, 1.807) is 18.2 Å². The second kappa shape index (κ2) is 7.29. The van der Waals surface area contributed by atoms with Crippen molar-refractivity contribution in [3.8, 4) is 5.75 Å². The lowest BCUT2D eigenvalue weighted by Crippen LogP contribution is -2.28. The monoisotopic (exact) mass is 380 g/mol. The first kappa shape index (κ1) is 18.1. The van der Waals surface area contributed by atoms with E-state index in [4.69, 9.17) is 16.3 Å². The van der Waals surface area contributed by atoms with Crippen molar-refractivity contribution in [2.75, 3.05) is 23.9 Å². The van der Waals surface area contributed by atoms with Gasteiger partial charge in [0.25, 0.3) is 0 Å². The van der Waals surface area contributed by atoms with Crippen LogP contribution < -0.4 is 15.0 Å². The molecule has 1 unspecified atom stereocenters. The third-order valence-corrected chi connectivity index (χ3v) is 4.45. The molecule has 5 nitrogen and oxygen atoms in total. The van der Waals surface area contributed by atoms with Crippen molar-refractivity contribution in [1.82, 2.24) is 0 Å². The average molecular weight is 381 g/mol. The number of rotatable bonds is 4. The van der Waals surface area contributed by atoms with Crippen LogP contribution in [0.3, 0.4) is 0 Å². The molecule has 1 N–H and O–H groups in total. The van der Waals surface area contributed by atoms with Crippen LogP contribution in [-0.2, 0) is 9.59 Å². The summed E-state index contributed by atoms with van der Waals surface area (Å²) in [5.74, 6) is -2.92. The summed E-state index contributed by atoms with van der Waals surface area (Å²) in [6, 6.07) is 8.13. The summed E-state index contributed by atoms with van der Waals surface area (Å²) in [4.78, 5) is 26.0. The Kier molecular flexibility index (Phi) is 5.08. The minimum atomic E-state index is -0.874. The van der Waals surface area contributed by atoms with Crippen LogP contribution in [0.25, 0.3) is 0 Å². The topological polar surface area (TPSA) is 58.6 Å².